The molecule has 0 unspecified atom stereocenters. The average Bonchev–Trinajstić information content (AvgIpc) is 3.67. The summed E-state index contributed by atoms with van der Waals surface area (Å²) in [6, 6.07) is 59.5. The summed E-state index contributed by atoms with van der Waals surface area (Å²) < 4.78 is 14.4. The SMILES string of the molecule is CC1(C)c2cc(-c3c4ccccc4c(-c4cccc5c4Oc4c(ccc6c4-c4ccccc4C6(C)C)[Si]5(C)C)c4ccccc34)ccc2-c2c1ccc1c2Oc2ccccc2[Si]1(C)C. The van der Waals surface area contributed by atoms with E-state index in [9.17, 15) is 0 Å². The summed E-state index contributed by atoms with van der Waals surface area (Å²) in [5.74, 6) is 4.15. The van der Waals surface area contributed by atoms with E-state index in [1.807, 2.05) is 0 Å². The van der Waals surface area contributed by atoms with Crippen LogP contribution >= 0.6 is 0 Å². The Morgan fingerprint density at radius 3 is 1.50 bits per heavy atom. The summed E-state index contributed by atoms with van der Waals surface area (Å²) in [6.07, 6.45) is 0. The molecule has 64 heavy (non-hydrogen) atoms. The highest BCUT2D eigenvalue weighted by atomic mass is 28.3. The van der Waals surface area contributed by atoms with Crippen molar-refractivity contribution in [3.8, 4) is 67.5 Å². The smallest absolute Gasteiger partial charge is 0.135 e. The second-order valence-electron chi connectivity index (χ2n) is 20.8. The number of hydrogen-bond acceptors (Lipinski definition) is 2. The van der Waals surface area contributed by atoms with Gasteiger partial charge in [0, 0.05) is 33.1 Å². The molecule has 2 aliphatic heterocycles. The van der Waals surface area contributed by atoms with Gasteiger partial charge < -0.3 is 9.47 Å². The lowest BCUT2D eigenvalue weighted by atomic mass is 9.80. The first-order chi connectivity index (χ1) is 30.8. The number of rotatable bonds is 2. The van der Waals surface area contributed by atoms with Crippen LogP contribution in [0.5, 0.6) is 23.0 Å². The van der Waals surface area contributed by atoms with Crippen molar-refractivity contribution < 1.29 is 9.47 Å². The fraction of sp³-hybridized carbons (Fsp3) is 0.167. The molecule has 0 radical (unpaired) electrons. The summed E-state index contributed by atoms with van der Waals surface area (Å²) in [7, 11) is -4.21. The first kappa shape index (κ1) is 38.0. The Kier molecular flexibility index (Phi) is 7.50. The molecule has 0 aromatic heterocycles. The molecule has 0 N–H and O–H groups in total. The van der Waals surface area contributed by atoms with Gasteiger partial charge in [0.1, 0.15) is 39.1 Å². The second kappa shape index (κ2) is 12.6. The Labute approximate surface area is 378 Å². The molecular formula is C60H50O2Si2. The Bertz CT molecular complexity index is 3510. The van der Waals surface area contributed by atoms with Crippen LogP contribution in [0.25, 0.3) is 66.1 Å². The molecule has 13 rings (SSSR count). The van der Waals surface area contributed by atoms with Gasteiger partial charge in [-0.15, -0.1) is 0 Å². The van der Waals surface area contributed by atoms with Gasteiger partial charge in [0.15, 0.2) is 0 Å². The lowest BCUT2D eigenvalue weighted by molar-refractivity contribution is 0.487. The molecule has 4 heteroatoms. The molecule has 0 atom stereocenters. The third-order valence-corrected chi connectivity index (χ3v) is 23.0. The fourth-order valence-electron chi connectivity index (χ4n) is 12.5. The van der Waals surface area contributed by atoms with Crippen molar-refractivity contribution in [1.29, 1.82) is 0 Å². The zero-order chi connectivity index (χ0) is 43.7. The molecule has 0 fully saturated rings. The molecule has 2 heterocycles. The molecule has 4 aliphatic rings. The lowest BCUT2D eigenvalue weighted by Gasteiger charge is -2.36. The second-order valence-corrected chi connectivity index (χ2v) is 29.4. The first-order valence-electron chi connectivity index (χ1n) is 22.9. The minimum Gasteiger partial charge on any atom is -0.457 e. The van der Waals surface area contributed by atoms with Gasteiger partial charge >= 0.3 is 0 Å². The monoisotopic (exact) mass is 858 g/mol. The normalized spacial score (nSPS) is 16.9. The van der Waals surface area contributed by atoms with Crippen molar-refractivity contribution in [1.82, 2.24) is 0 Å². The van der Waals surface area contributed by atoms with E-state index in [1.165, 1.54) is 103 Å². The van der Waals surface area contributed by atoms with Crippen molar-refractivity contribution in [2.75, 3.05) is 0 Å². The van der Waals surface area contributed by atoms with E-state index in [2.05, 4.69) is 212 Å². The van der Waals surface area contributed by atoms with Gasteiger partial charge in [-0.2, -0.15) is 0 Å². The van der Waals surface area contributed by atoms with Crippen LogP contribution in [0.4, 0.5) is 0 Å². The van der Waals surface area contributed by atoms with Crippen molar-refractivity contribution >= 4 is 58.4 Å². The molecule has 9 aromatic rings. The molecule has 0 saturated heterocycles. The molecule has 0 spiro atoms. The Balaban J connectivity index is 1.01. The third-order valence-electron chi connectivity index (χ3n) is 16.0. The quantitative estimate of drug-likeness (QED) is 0.127. The van der Waals surface area contributed by atoms with Crippen molar-refractivity contribution in [3.05, 3.63) is 180 Å². The van der Waals surface area contributed by atoms with Crippen LogP contribution in [0.1, 0.15) is 49.9 Å². The van der Waals surface area contributed by atoms with Gasteiger partial charge in [-0.05, 0) is 98.9 Å². The number of ether oxygens (including phenoxy) is 2. The topological polar surface area (TPSA) is 18.5 Å². The predicted molar refractivity (Wildman–Crippen MR) is 274 cm³/mol. The maximum absolute atomic E-state index is 7.51. The highest BCUT2D eigenvalue weighted by Gasteiger charge is 2.46. The van der Waals surface area contributed by atoms with Gasteiger partial charge in [-0.1, -0.05) is 199 Å². The van der Waals surface area contributed by atoms with Gasteiger partial charge in [0.2, 0.25) is 0 Å². The zero-order valence-corrected chi connectivity index (χ0v) is 39.8. The highest BCUT2D eigenvalue weighted by Crippen LogP contribution is 2.57. The van der Waals surface area contributed by atoms with Crippen molar-refractivity contribution in [2.45, 2.75) is 64.7 Å². The summed E-state index contributed by atoms with van der Waals surface area (Å²) in [4.78, 5) is 0. The van der Waals surface area contributed by atoms with E-state index in [-0.39, 0.29) is 10.8 Å². The molecule has 0 amide bonds. The van der Waals surface area contributed by atoms with Crippen molar-refractivity contribution in [3.63, 3.8) is 0 Å². The minimum absolute atomic E-state index is 0.106. The molecule has 310 valence electrons. The molecule has 9 aromatic carbocycles. The maximum atomic E-state index is 7.51. The van der Waals surface area contributed by atoms with Crippen LogP contribution in [-0.4, -0.2) is 16.1 Å². The highest BCUT2D eigenvalue weighted by molar-refractivity contribution is 7.02. The third kappa shape index (κ3) is 4.75. The summed E-state index contributed by atoms with van der Waals surface area (Å²) in [6.45, 7) is 19.4. The van der Waals surface area contributed by atoms with Gasteiger partial charge in [0.25, 0.3) is 0 Å². The maximum Gasteiger partial charge on any atom is 0.135 e. The average molecular weight is 859 g/mol. The molecule has 2 aliphatic carbocycles. The van der Waals surface area contributed by atoms with E-state index in [1.54, 1.807) is 0 Å². The van der Waals surface area contributed by atoms with E-state index >= 15 is 0 Å². The predicted octanol–water partition coefficient (Wildman–Crippen LogP) is 13.8. The number of hydrogen-bond donors (Lipinski definition) is 0. The molecule has 2 nitrogen and oxygen atoms in total. The van der Waals surface area contributed by atoms with E-state index in [0.29, 0.717) is 0 Å². The van der Waals surface area contributed by atoms with Crippen LogP contribution in [0.3, 0.4) is 0 Å². The summed E-state index contributed by atoms with van der Waals surface area (Å²) in [5.41, 5.74) is 15.1. The Hall–Kier alpha value is -6.47. The Morgan fingerprint density at radius 1 is 0.344 bits per heavy atom. The zero-order valence-electron chi connectivity index (χ0n) is 37.8. The van der Waals surface area contributed by atoms with E-state index in [0.717, 1.165) is 28.6 Å². The van der Waals surface area contributed by atoms with Gasteiger partial charge in [0.05, 0.1) is 0 Å². The molecule has 0 saturated carbocycles. The fourth-order valence-corrected chi connectivity index (χ4v) is 18.1. The van der Waals surface area contributed by atoms with Gasteiger partial charge in [-0.25, -0.2) is 0 Å². The van der Waals surface area contributed by atoms with Crippen LogP contribution in [-0.2, 0) is 10.8 Å². The van der Waals surface area contributed by atoms with Crippen LogP contribution in [0.2, 0.25) is 26.2 Å². The molecule has 0 bridgehead atoms. The Morgan fingerprint density at radius 2 is 0.828 bits per heavy atom. The van der Waals surface area contributed by atoms with Gasteiger partial charge in [-0.3, -0.25) is 0 Å². The van der Waals surface area contributed by atoms with Crippen LogP contribution in [0, 0.1) is 0 Å². The molecular weight excluding hydrogens is 809 g/mol. The lowest BCUT2D eigenvalue weighted by Crippen LogP contribution is -2.56. The van der Waals surface area contributed by atoms with Crippen molar-refractivity contribution in [2.24, 2.45) is 0 Å². The van der Waals surface area contributed by atoms with E-state index < -0.39 is 16.1 Å². The first-order valence-corrected chi connectivity index (χ1v) is 28.9. The van der Waals surface area contributed by atoms with E-state index in [4.69, 9.17) is 9.47 Å². The number of benzene rings is 9. The van der Waals surface area contributed by atoms with Crippen LogP contribution in [0.15, 0.2) is 158 Å². The summed E-state index contributed by atoms with van der Waals surface area (Å²) in [5, 5.41) is 10.4. The standard InChI is InChI=1S/C60H50O2Si2/c1-59(2)43-24-14-13-22-40(43)54-44(59)30-33-51-58(54)62-56-42(23-17-27-49(56)64(51,7)8)53-38-20-11-9-18-36(38)52(37-19-10-12-21-39(37)53)35-28-29-41-46(34-35)60(3,4)45-31-32-50-57(55(41)45)61-47-25-15-16-26-48(47)63(50,5)6/h9-34H,1-8H3. The largest absolute Gasteiger partial charge is 0.457 e. The minimum atomic E-state index is -2.22. The summed E-state index contributed by atoms with van der Waals surface area (Å²) >= 11 is 0. The number of fused-ring (bicyclic) bond motifs is 14. The van der Waals surface area contributed by atoms with Crippen LogP contribution < -0.4 is 30.2 Å². The number of para-hydroxylation sites is 2.